The third-order valence-electron chi connectivity index (χ3n) is 2.89. The topological polar surface area (TPSA) is 63.6 Å². The zero-order valence-corrected chi connectivity index (χ0v) is 13.0. The molecule has 4 nitrogen and oxygen atoms in total. The van der Waals surface area contributed by atoms with Crippen LogP contribution in [0, 0.1) is 0 Å². The molecule has 2 aromatic rings. The lowest BCUT2D eigenvalue weighted by Gasteiger charge is -2.08. The second kappa shape index (κ2) is 6.21. The van der Waals surface area contributed by atoms with E-state index in [1.807, 2.05) is 29.5 Å². The number of carbonyl (C=O) groups is 2. The third kappa shape index (κ3) is 3.27. The predicted molar refractivity (Wildman–Crippen MR) is 84.6 cm³/mol. The quantitative estimate of drug-likeness (QED) is 0.378. The van der Waals surface area contributed by atoms with Crippen LogP contribution < -0.4 is 4.74 Å². The van der Waals surface area contributed by atoms with Crippen LogP contribution in [0.1, 0.15) is 23.7 Å². The van der Waals surface area contributed by atoms with Gasteiger partial charge < -0.3 is 9.84 Å². The van der Waals surface area contributed by atoms with Gasteiger partial charge in [-0.3, -0.25) is 4.79 Å². The SMILES string of the molecule is CCC(I)C(=O)Oc1ccc2cc(C(=O)O)ccc2c1. The van der Waals surface area contributed by atoms with Crippen LogP contribution >= 0.6 is 22.6 Å². The van der Waals surface area contributed by atoms with Gasteiger partial charge >= 0.3 is 11.9 Å². The zero-order chi connectivity index (χ0) is 14.7. The lowest BCUT2D eigenvalue weighted by molar-refractivity contribution is -0.133. The van der Waals surface area contributed by atoms with Crippen molar-refractivity contribution >= 4 is 45.3 Å². The molecule has 5 heteroatoms. The summed E-state index contributed by atoms with van der Waals surface area (Å²) in [5.74, 6) is -0.756. The molecule has 0 fully saturated rings. The summed E-state index contributed by atoms with van der Waals surface area (Å²) in [6.45, 7) is 1.92. The molecule has 20 heavy (non-hydrogen) atoms. The number of fused-ring (bicyclic) bond motifs is 1. The Labute approximate surface area is 129 Å². The summed E-state index contributed by atoms with van der Waals surface area (Å²) in [5, 5.41) is 10.6. The number of carboxylic acids is 1. The maximum atomic E-state index is 11.7. The Hall–Kier alpha value is -1.63. The number of esters is 1. The largest absolute Gasteiger partial charge is 0.478 e. The molecule has 1 unspecified atom stereocenters. The Kier molecular flexibility index (Phi) is 4.59. The number of aromatic carboxylic acids is 1. The van der Waals surface area contributed by atoms with E-state index in [0.29, 0.717) is 5.75 Å². The lowest BCUT2D eigenvalue weighted by atomic mass is 10.1. The van der Waals surface area contributed by atoms with Crippen molar-refractivity contribution in [1.82, 2.24) is 0 Å². The Morgan fingerprint density at radius 2 is 1.85 bits per heavy atom. The highest BCUT2D eigenvalue weighted by Crippen LogP contribution is 2.23. The summed E-state index contributed by atoms with van der Waals surface area (Å²) in [4.78, 5) is 22.6. The van der Waals surface area contributed by atoms with Gasteiger partial charge in [0.1, 0.15) is 9.67 Å². The molecule has 0 saturated carbocycles. The first-order valence-electron chi connectivity index (χ1n) is 6.14. The predicted octanol–water partition coefficient (Wildman–Crippen LogP) is 3.66. The van der Waals surface area contributed by atoms with Crippen LogP contribution in [0.3, 0.4) is 0 Å². The molecular weight excluding hydrogens is 371 g/mol. The molecule has 0 saturated heterocycles. The van der Waals surface area contributed by atoms with E-state index in [1.54, 1.807) is 30.3 Å². The van der Waals surface area contributed by atoms with Gasteiger partial charge in [0.2, 0.25) is 0 Å². The van der Waals surface area contributed by atoms with Crippen molar-refractivity contribution in [3.05, 3.63) is 42.0 Å². The van der Waals surface area contributed by atoms with E-state index in [2.05, 4.69) is 0 Å². The molecule has 1 atom stereocenters. The van der Waals surface area contributed by atoms with Crippen molar-refractivity contribution in [2.24, 2.45) is 0 Å². The highest BCUT2D eigenvalue weighted by Gasteiger charge is 2.15. The van der Waals surface area contributed by atoms with Crippen molar-refractivity contribution in [1.29, 1.82) is 0 Å². The van der Waals surface area contributed by atoms with Crippen LogP contribution in [-0.2, 0) is 4.79 Å². The van der Waals surface area contributed by atoms with Crippen molar-refractivity contribution in [2.75, 3.05) is 0 Å². The number of alkyl halides is 1. The number of hydrogen-bond donors (Lipinski definition) is 1. The average Bonchev–Trinajstić information content (AvgIpc) is 2.45. The third-order valence-corrected chi connectivity index (χ3v) is 4.28. The number of carbonyl (C=O) groups excluding carboxylic acids is 1. The summed E-state index contributed by atoms with van der Waals surface area (Å²) in [5.41, 5.74) is 0.237. The van der Waals surface area contributed by atoms with Gasteiger partial charge in [-0.15, -0.1) is 0 Å². The lowest BCUT2D eigenvalue weighted by Crippen LogP contribution is -2.19. The van der Waals surface area contributed by atoms with Crippen LogP contribution in [0.15, 0.2) is 36.4 Å². The Bertz CT molecular complexity index is 666. The second-order valence-electron chi connectivity index (χ2n) is 4.33. The number of hydrogen-bond acceptors (Lipinski definition) is 3. The molecule has 2 rings (SSSR count). The van der Waals surface area contributed by atoms with Gasteiger partial charge in [-0.05, 0) is 41.5 Å². The molecule has 0 bridgehead atoms. The fourth-order valence-corrected chi connectivity index (χ4v) is 1.89. The Morgan fingerprint density at radius 3 is 2.50 bits per heavy atom. The first-order valence-corrected chi connectivity index (χ1v) is 7.38. The molecule has 0 spiro atoms. The summed E-state index contributed by atoms with van der Waals surface area (Å²) in [7, 11) is 0. The van der Waals surface area contributed by atoms with Gasteiger partial charge in [-0.2, -0.15) is 0 Å². The van der Waals surface area contributed by atoms with Crippen LogP contribution in [-0.4, -0.2) is 21.0 Å². The number of carboxylic acid groups (broad SMARTS) is 1. The van der Waals surface area contributed by atoms with Crippen molar-refractivity contribution in [3.63, 3.8) is 0 Å². The Morgan fingerprint density at radius 1 is 1.20 bits per heavy atom. The molecule has 0 radical (unpaired) electrons. The van der Waals surface area contributed by atoms with Crippen LogP contribution in [0.2, 0.25) is 0 Å². The van der Waals surface area contributed by atoms with Crippen LogP contribution in [0.25, 0.3) is 10.8 Å². The van der Waals surface area contributed by atoms with Crippen LogP contribution in [0.4, 0.5) is 0 Å². The van der Waals surface area contributed by atoms with E-state index in [0.717, 1.165) is 17.2 Å². The maximum absolute atomic E-state index is 11.7. The zero-order valence-electron chi connectivity index (χ0n) is 10.8. The van der Waals surface area contributed by atoms with Crippen molar-refractivity contribution < 1.29 is 19.4 Å². The fourth-order valence-electron chi connectivity index (χ4n) is 1.77. The van der Waals surface area contributed by atoms with Gasteiger partial charge in [0, 0.05) is 0 Å². The van der Waals surface area contributed by atoms with Gasteiger partial charge in [-0.1, -0.05) is 41.6 Å². The second-order valence-corrected chi connectivity index (χ2v) is 5.83. The average molecular weight is 384 g/mol. The van der Waals surface area contributed by atoms with Gasteiger partial charge in [0.05, 0.1) is 5.56 Å². The van der Waals surface area contributed by atoms with E-state index >= 15 is 0 Å². The minimum atomic E-state index is -0.960. The normalized spacial score (nSPS) is 12.1. The van der Waals surface area contributed by atoms with E-state index in [4.69, 9.17) is 9.84 Å². The minimum Gasteiger partial charge on any atom is -0.478 e. The Balaban J connectivity index is 2.28. The number of ether oxygens (including phenoxy) is 1. The fraction of sp³-hybridized carbons (Fsp3) is 0.200. The summed E-state index contributed by atoms with van der Waals surface area (Å²) >= 11 is 2.05. The van der Waals surface area contributed by atoms with E-state index < -0.39 is 5.97 Å². The molecule has 2 aromatic carbocycles. The molecule has 0 aliphatic heterocycles. The van der Waals surface area contributed by atoms with E-state index in [9.17, 15) is 9.59 Å². The van der Waals surface area contributed by atoms with E-state index in [-0.39, 0.29) is 15.5 Å². The maximum Gasteiger partial charge on any atom is 0.335 e. The summed E-state index contributed by atoms with van der Waals surface area (Å²) in [6, 6.07) is 9.98. The number of benzene rings is 2. The summed E-state index contributed by atoms with van der Waals surface area (Å²) < 4.78 is 5.12. The van der Waals surface area contributed by atoms with Gasteiger partial charge in [0.15, 0.2) is 0 Å². The standard InChI is InChI=1S/C15H13IO4/c1-2-13(16)15(19)20-12-6-5-9-7-11(14(17)18)4-3-10(9)8-12/h3-8,13H,2H2,1H3,(H,17,18). The molecule has 104 valence electrons. The van der Waals surface area contributed by atoms with Gasteiger partial charge in [-0.25, -0.2) is 4.79 Å². The van der Waals surface area contributed by atoms with Crippen LogP contribution in [0.5, 0.6) is 5.75 Å². The molecule has 0 heterocycles. The summed E-state index contributed by atoms with van der Waals surface area (Å²) in [6.07, 6.45) is 0.717. The first kappa shape index (κ1) is 14.8. The van der Waals surface area contributed by atoms with Crippen molar-refractivity contribution in [3.8, 4) is 5.75 Å². The van der Waals surface area contributed by atoms with Crippen molar-refractivity contribution in [2.45, 2.75) is 17.3 Å². The number of halogens is 1. The van der Waals surface area contributed by atoms with Gasteiger partial charge in [0.25, 0.3) is 0 Å². The molecule has 0 aliphatic carbocycles. The number of rotatable bonds is 4. The molecule has 0 aliphatic rings. The molecule has 1 N–H and O–H groups in total. The molecule has 0 aromatic heterocycles. The highest BCUT2D eigenvalue weighted by atomic mass is 127. The van der Waals surface area contributed by atoms with E-state index in [1.165, 1.54) is 6.07 Å². The molecule has 0 amide bonds. The first-order chi connectivity index (χ1) is 9.51. The molecular formula is C15H13IO4. The smallest absolute Gasteiger partial charge is 0.335 e. The highest BCUT2D eigenvalue weighted by molar-refractivity contribution is 14.1. The monoisotopic (exact) mass is 384 g/mol. The minimum absolute atomic E-state index is 0.169.